The van der Waals surface area contributed by atoms with Crippen molar-refractivity contribution < 1.29 is 9.84 Å². The lowest BCUT2D eigenvalue weighted by Gasteiger charge is -2.13. The zero-order valence-corrected chi connectivity index (χ0v) is 13.0. The van der Waals surface area contributed by atoms with E-state index in [0.29, 0.717) is 23.9 Å². The Labute approximate surface area is 129 Å². The summed E-state index contributed by atoms with van der Waals surface area (Å²) in [7, 11) is 1.89. The van der Waals surface area contributed by atoms with E-state index in [-0.39, 0.29) is 6.61 Å². The number of hydrogen-bond donors (Lipinski definition) is 2. The number of benzene rings is 1. The van der Waals surface area contributed by atoms with Crippen LogP contribution in [0.1, 0.15) is 11.3 Å². The van der Waals surface area contributed by atoms with Crippen molar-refractivity contribution >= 4 is 11.6 Å². The summed E-state index contributed by atoms with van der Waals surface area (Å²) in [5.74, 6) is 0.696. The van der Waals surface area contributed by atoms with Crippen LogP contribution >= 0.6 is 11.6 Å². The molecule has 1 atom stereocenters. The van der Waals surface area contributed by atoms with Gasteiger partial charge in [-0.3, -0.25) is 4.68 Å². The molecule has 0 aliphatic rings. The molecule has 0 radical (unpaired) electrons. The van der Waals surface area contributed by atoms with Gasteiger partial charge in [0.15, 0.2) is 0 Å². The molecule has 0 fully saturated rings. The summed E-state index contributed by atoms with van der Waals surface area (Å²) < 4.78 is 7.27. The van der Waals surface area contributed by atoms with Crippen LogP contribution < -0.4 is 10.1 Å². The molecule has 0 saturated carbocycles. The molecule has 2 aromatic rings. The quantitative estimate of drug-likeness (QED) is 0.820. The molecule has 1 aromatic carbocycles. The van der Waals surface area contributed by atoms with Crippen molar-refractivity contribution in [2.75, 3.05) is 13.2 Å². The first kappa shape index (κ1) is 15.8. The maximum atomic E-state index is 9.88. The molecule has 0 spiro atoms. The lowest BCUT2D eigenvalue weighted by Crippen LogP contribution is -2.31. The second kappa shape index (κ2) is 7.45. The summed E-state index contributed by atoms with van der Waals surface area (Å²) in [6.07, 6.45) is 1.40. The van der Waals surface area contributed by atoms with Crippen LogP contribution in [0.4, 0.5) is 0 Å². The van der Waals surface area contributed by atoms with Gasteiger partial charge in [-0.25, -0.2) is 0 Å². The topological polar surface area (TPSA) is 59.3 Å². The van der Waals surface area contributed by atoms with Crippen LogP contribution in [-0.4, -0.2) is 34.1 Å². The molecule has 114 valence electrons. The van der Waals surface area contributed by atoms with E-state index in [9.17, 15) is 5.11 Å². The number of aryl methyl sites for hydroxylation is 2. The number of nitrogens with zero attached hydrogens (tertiary/aromatic N) is 2. The van der Waals surface area contributed by atoms with Gasteiger partial charge in [-0.15, -0.1) is 0 Å². The van der Waals surface area contributed by atoms with Crippen molar-refractivity contribution in [3.63, 3.8) is 0 Å². The highest BCUT2D eigenvalue weighted by Gasteiger charge is 2.07. The SMILES string of the molecule is Cc1nn(C)cc1CNCC(O)COc1ccc(Cl)cc1. The highest BCUT2D eigenvalue weighted by Crippen LogP contribution is 2.15. The third-order valence-corrected chi connectivity index (χ3v) is 3.32. The van der Waals surface area contributed by atoms with Gasteiger partial charge in [0, 0.05) is 36.9 Å². The first-order valence-electron chi connectivity index (χ1n) is 6.81. The molecule has 2 rings (SSSR count). The van der Waals surface area contributed by atoms with E-state index in [4.69, 9.17) is 16.3 Å². The van der Waals surface area contributed by atoms with Gasteiger partial charge >= 0.3 is 0 Å². The number of hydrogen-bond acceptors (Lipinski definition) is 4. The van der Waals surface area contributed by atoms with Gasteiger partial charge in [0.05, 0.1) is 5.69 Å². The molecule has 0 aliphatic carbocycles. The molecule has 21 heavy (non-hydrogen) atoms. The standard InChI is InChI=1S/C15H20ClN3O2/c1-11-12(9-19(2)18-11)7-17-8-14(20)10-21-15-5-3-13(16)4-6-15/h3-6,9,14,17,20H,7-8,10H2,1-2H3. The Hall–Kier alpha value is -1.56. The minimum atomic E-state index is -0.572. The van der Waals surface area contributed by atoms with Crippen LogP contribution in [0, 0.1) is 6.92 Å². The van der Waals surface area contributed by atoms with Crippen LogP contribution in [0.15, 0.2) is 30.5 Å². The van der Waals surface area contributed by atoms with Crippen molar-refractivity contribution in [1.82, 2.24) is 15.1 Å². The maximum Gasteiger partial charge on any atom is 0.119 e. The Morgan fingerprint density at radius 2 is 2.10 bits per heavy atom. The molecular formula is C15H20ClN3O2. The fourth-order valence-corrected chi connectivity index (χ4v) is 2.10. The second-order valence-electron chi connectivity index (χ2n) is 4.96. The van der Waals surface area contributed by atoms with Crippen LogP contribution in [-0.2, 0) is 13.6 Å². The third kappa shape index (κ3) is 5.04. The smallest absolute Gasteiger partial charge is 0.119 e. The van der Waals surface area contributed by atoms with E-state index < -0.39 is 6.10 Å². The monoisotopic (exact) mass is 309 g/mol. The molecule has 0 amide bonds. The Bertz CT molecular complexity index is 569. The predicted octanol–water partition coefficient (Wildman–Crippen LogP) is 1.91. The van der Waals surface area contributed by atoms with Gasteiger partial charge in [-0.1, -0.05) is 11.6 Å². The number of aliphatic hydroxyl groups is 1. The Kier molecular flexibility index (Phi) is 5.61. The zero-order chi connectivity index (χ0) is 15.2. The fraction of sp³-hybridized carbons (Fsp3) is 0.400. The van der Waals surface area contributed by atoms with Gasteiger partial charge in [0.2, 0.25) is 0 Å². The largest absolute Gasteiger partial charge is 0.491 e. The molecule has 2 N–H and O–H groups in total. The first-order chi connectivity index (χ1) is 10.0. The van der Waals surface area contributed by atoms with Gasteiger partial charge < -0.3 is 15.2 Å². The molecule has 6 heteroatoms. The number of halogens is 1. The molecule has 0 saturated heterocycles. The molecule has 1 heterocycles. The molecule has 0 bridgehead atoms. The predicted molar refractivity (Wildman–Crippen MR) is 82.6 cm³/mol. The highest BCUT2D eigenvalue weighted by molar-refractivity contribution is 6.30. The van der Waals surface area contributed by atoms with Gasteiger partial charge in [-0.05, 0) is 31.2 Å². The van der Waals surface area contributed by atoms with E-state index in [1.54, 1.807) is 28.9 Å². The summed E-state index contributed by atoms with van der Waals surface area (Å²) in [5, 5.41) is 18.0. The minimum absolute atomic E-state index is 0.237. The van der Waals surface area contributed by atoms with Gasteiger partial charge in [0.1, 0.15) is 18.5 Å². The average molecular weight is 310 g/mol. The average Bonchev–Trinajstić information content (AvgIpc) is 2.76. The van der Waals surface area contributed by atoms with E-state index in [2.05, 4.69) is 10.4 Å². The van der Waals surface area contributed by atoms with E-state index in [0.717, 1.165) is 11.3 Å². The van der Waals surface area contributed by atoms with Crippen molar-refractivity contribution in [3.05, 3.63) is 46.7 Å². The molecule has 1 unspecified atom stereocenters. The summed E-state index contributed by atoms with van der Waals surface area (Å²) in [6.45, 7) is 3.34. The van der Waals surface area contributed by atoms with Crippen LogP contribution in [0.2, 0.25) is 5.02 Å². The number of aromatic nitrogens is 2. The van der Waals surface area contributed by atoms with E-state index >= 15 is 0 Å². The number of ether oxygens (including phenoxy) is 1. The van der Waals surface area contributed by atoms with E-state index in [1.165, 1.54) is 0 Å². The highest BCUT2D eigenvalue weighted by atomic mass is 35.5. The van der Waals surface area contributed by atoms with Gasteiger partial charge in [0.25, 0.3) is 0 Å². The maximum absolute atomic E-state index is 9.88. The van der Waals surface area contributed by atoms with Crippen molar-refractivity contribution in [1.29, 1.82) is 0 Å². The summed E-state index contributed by atoms with van der Waals surface area (Å²) in [6, 6.07) is 7.07. The lowest BCUT2D eigenvalue weighted by atomic mass is 10.2. The fourth-order valence-electron chi connectivity index (χ4n) is 1.98. The van der Waals surface area contributed by atoms with Crippen molar-refractivity contribution in [3.8, 4) is 5.75 Å². The minimum Gasteiger partial charge on any atom is -0.491 e. The van der Waals surface area contributed by atoms with Crippen molar-refractivity contribution in [2.24, 2.45) is 7.05 Å². The molecule has 5 nitrogen and oxygen atoms in total. The van der Waals surface area contributed by atoms with Crippen molar-refractivity contribution in [2.45, 2.75) is 19.6 Å². The first-order valence-corrected chi connectivity index (χ1v) is 7.18. The van der Waals surface area contributed by atoms with Crippen LogP contribution in [0.5, 0.6) is 5.75 Å². The van der Waals surface area contributed by atoms with E-state index in [1.807, 2.05) is 20.2 Å². The number of rotatable bonds is 7. The lowest BCUT2D eigenvalue weighted by molar-refractivity contribution is 0.106. The second-order valence-corrected chi connectivity index (χ2v) is 5.40. The number of nitrogens with one attached hydrogen (secondary N) is 1. The molecular weight excluding hydrogens is 290 g/mol. The Morgan fingerprint density at radius 3 is 2.71 bits per heavy atom. The normalized spacial score (nSPS) is 12.4. The Morgan fingerprint density at radius 1 is 1.38 bits per heavy atom. The Balaban J connectivity index is 1.69. The third-order valence-electron chi connectivity index (χ3n) is 3.07. The molecule has 1 aromatic heterocycles. The molecule has 0 aliphatic heterocycles. The summed E-state index contributed by atoms with van der Waals surface area (Å²) in [5.41, 5.74) is 2.13. The van der Waals surface area contributed by atoms with Crippen LogP contribution in [0.3, 0.4) is 0 Å². The summed E-state index contributed by atoms with van der Waals surface area (Å²) in [4.78, 5) is 0. The summed E-state index contributed by atoms with van der Waals surface area (Å²) >= 11 is 5.79. The number of aliphatic hydroxyl groups excluding tert-OH is 1. The van der Waals surface area contributed by atoms with Crippen LogP contribution in [0.25, 0.3) is 0 Å². The zero-order valence-electron chi connectivity index (χ0n) is 12.2. The van der Waals surface area contributed by atoms with Gasteiger partial charge in [-0.2, -0.15) is 5.10 Å².